The van der Waals surface area contributed by atoms with Crippen molar-refractivity contribution in [3.05, 3.63) is 101 Å². The topological polar surface area (TPSA) is 52.3 Å². The number of aryl methyl sites for hydroxylation is 1. The van der Waals surface area contributed by atoms with Gasteiger partial charge in [0.15, 0.2) is 0 Å². The normalized spacial score (nSPS) is 13.3. The molecular formula is C30H37NO2. The number of hydrogen-bond donors (Lipinski definition) is 1. The van der Waals surface area contributed by atoms with Crippen LogP contribution >= 0.6 is 0 Å². The molecule has 3 aromatic rings. The van der Waals surface area contributed by atoms with E-state index in [4.69, 9.17) is 10.5 Å². The third-order valence-corrected chi connectivity index (χ3v) is 6.60. The molecular weight excluding hydrogens is 406 g/mol. The van der Waals surface area contributed by atoms with Crippen LogP contribution in [-0.2, 0) is 23.1 Å². The molecule has 0 radical (unpaired) electrons. The minimum atomic E-state index is -0.765. The van der Waals surface area contributed by atoms with E-state index in [1.165, 1.54) is 24.0 Å². The maximum atomic E-state index is 12.6. The quantitative estimate of drug-likeness (QED) is 0.434. The molecule has 0 saturated carbocycles. The van der Waals surface area contributed by atoms with E-state index in [0.29, 0.717) is 0 Å². The third kappa shape index (κ3) is 5.47. The molecule has 1 heterocycles. The van der Waals surface area contributed by atoms with Gasteiger partial charge in [0, 0.05) is 6.42 Å². The molecule has 2 N–H and O–H groups in total. The van der Waals surface area contributed by atoms with Gasteiger partial charge in [-0.3, -0.25) is 4.79 Å². The fraction of sp³-hybridized carbons (Fsp3) is 0.367. The number of rotatable bonds is 8. The maximum absolute atomic E-state index is 12.6. The highest BCUT2D eigenvalue weighted by Crippen LogP contribution is 2.41. The molecule has 3 heteroatoms. The number of primary amides is 1. The Morgan fingerprint density at radius 3 is 2.06 bits per heavy atom. The second kappa shape index (κ2) is 11.7. The molecule has 174 valence electrons. The second-order valence-electron chi connectivity index (χ2n) is 8.88. The fourth-order valence-corrected chi connectivity index (χ4v) is 5.00. The summed E-state index contributed by atoms with van der Waals surface area (Å²) < 4.78 is 5.43. The molecule has 3 nitrogen and oxygen atoms in total. The van der Waals surface area contributed by atoms with Gasteiger partial charge in [-0.1, -0.05) is 106 Å². The molecule has 0 fully saturated rings. The number of hydrogen-bond acceptors (Lipinski definition) is 2. The monoisotopic (exact) mass is 443 g/mol. The van der Waals surface area contributed by atoms with Crippen molar-refractivity contribution in [3.8, 4) is 5.75 Å². The zero-order valence-electron chi connectivity index (χ0n) is 20.2. The third-order valence-electron chi connectivity index (χ3n) is 6.60. The number of benzene rings is 3. The highest BCUT2D eigenvalue weighted by atomic mass is 16.5. The van der Waals surface area contributed by atoms with Crippen molar-refractivity contribution < 1.29 is 9.53 Å². The van der Waals surface area contributed by atoms with Crippen molar-refractivity contribution in [2.24, 2.45) is 11.7 Å². The van der Waals surface area contributed by atoms with Gasteiger partial charge in [0.2, 0.25) is 5.91 Å². The van der Waals surface area contributed by atoms with Crippen molar-refractivity contribution in [2.45, 2.75) is 58.3 Å². The van der Waals surface area contributed by atoms with Gasteiger partial charge in [-0.05, 0) is 47.1 Å². The Hall–Kier alpha value is -3.07. The van der Waals surface area contributed by atoms with Gasteiger partial charge in [0.1, 0.15) is 11.2 Å². The summed E-state index contributed by atoms with van der Waals surface area (Å²) in [4.78, 5) is 12.6. The summed E-state index contributed by atoms with van der Waals surface area (Å²) in [6.45, 7) is 7.33. The highest BCUT2D eigenvalue weighted by molar-refractivity contribution is 5.91. The first-order valence-corrected chi connectivity index (χ1v) is 12.2. The van der Waals surface area contributed by atoms with Gasteiger partial charge >= 0.3 is 0 Å². The van der Waals surface area contributed by atoms with Crippen LogP contribution in [0.1, 0.15) is 62.3 Å². The Labute approximate surface area is 199 Å². The van der Waals surface area contributed by atoms with E-state index in [9.17, 15) is 4.79 Å². The van der Waals surface area contributed by atoms with Crippen LogP contribution in [0.5, 0.6) is 5.75 Å². The summed E-state index contributed by atoms with van der Waals surface area (Å²) in [6, 6.07) is 26.4. The van der Waals surface area contributed by atoms with E-state index < -0.39 is 5.41 Å². The number of nitrogens with two attached hydrogens (primary N) is 1. The molecule has 0 bridgehead atoms. The minimum absolute atomic E-state index is 0.143. The Kier molecular flexibility index (Phi) is 8.71. The summed E-state index contributed by atoms with van der Waals surface area (Å²) in [5.74, 6) is 0.959. The SMILES string of the molecule is CCCC(C)C(C(N)=O)(c1ccccc1)c1ccccc1.CCCc1ccc2c(c1)CCO2. The smallest absolute Gasteiger partial charge is 0.232 e. The number of fused-ring (bicyclic) bond motifs is 1. The van der Waals surface area contributed by atoms with E-state index >= 15 is 0 Å². The standard InChI is InChI=1S/C19H23NO.C11H14O/c1-3-10-15(2)19(18(20)21,16-11-6-4-7-12-16)17-13-8-5-9-14-17;1-2-3-9-4-5-11-10(8-9)6-7-12-11/h4-9,11-15H,3,10H2,1-2H3,(H2,20,21);4-5,8H,2-3,6-7H2,1H3. The van der Waals surface area contributed by atoms with E-state index in [2.05, 4.69) is 39.0 Å². The zero-order chi connectivity index (χ0) is 23.7. The van der Waals surface area contributed by atoms with E-state index in [0.717, 1.165) is 42.7 Å². The highest BCUT2D eigenvalue weighted by Gasteiger charge is 2.44. The zero-order valence-corrected chi connectivity index (χ0v) is 20.2. The number of carbonyl (C=O) groups is 1. The van der Waals surface area contributed by atoms with Gasteiger partial charge in [-0.15, -0.1) is 0 Å². The second-order valence-corrected chi connectivity index (χ2v) is 8.88. The molecule has 1 aliphatic heterocycles. The van der Waals surface area contributed by atoms with Crippen molar-refractivity contribution in [1.82, 2.24) is 0 Å². The van der Waals surface area contributed by atoms with Crippen LogP contribution in [0.15, 0.2) is 78.9 Å². The Bertz CT molecular complexity index is 974. The predicted molar refractivity (Wildman–Crippen MR) is 137 cm³/mol. The van der Waals surface area contributed by atoms with Crippen LogP contribution in [0.25, 0.3) is 0 Å². The summed E-state index contributed by atoms with van der Waals surface area (Å²) in [5, 5.41) is 0. The van der Waals surface area contributed by atoms with Crippen molar-refractivity contribution >= 4 is 5.91 Å². The van der Waals surface area contributed by atoms with Gasteiger partial charge in [-0.2, -0.15) is 0 Å². The lowest BCUT2D eigenvalue weighted by Crippen LogP contribution is -2.47. The molecule has 0 aliphatic carbocycles. The first kappa shape index (κ1) is 24.6. The Morgan fingerprint density at radius 1 is 0.939 bits per heavy atom. The number of carbonyl (C=O) groups excluding carboxylic acids is 1. The van der Waals surface area contributed by atoms with Crippen LogP contribution in [-0.4, -0.2) is 12.5 Å². The summed E-state index contributed by atoms with van der Waals surface area (Å²) >= 11 is 0. The van der Waals surface area contributed by atoms with Crippen LogP contribution in [0.2, 0.25) is 0 Å². The largest absolute Gasteiger partial charge is 0.493 e. The maximum Gasteiger partial charge on any atom is 0.232 e. The summed E-state index contributed by atoms with van der Waals surface area (Å²) in [7, 11) is 0. The lowest BCUT2D eigenvalue weighted by Gasteiger charge is -2.37. The lowest BCUT2D eigenvalue weighted by atomic mass is 9.64. The average molecular weight is 444 g/mol. The molecule has 33 heavy (non-hydrogen) atoms. The Morgan fingerprint density at radius 2 is 1.55 bits per heavy atom. The number of amides is 1. The first-order chi connectivity index (χ1) is 16.0. The predicted octanol–water partition coefficient (Wildman–Crippen LogP) is 6.47. The molecule has 1 aliphatic rings. The van der Waals surface area contributed by atoms with Crippen molar-refractivity contribution in [3.63, 3.8) is 0 Å². The molecule has 0 saturated heterocycles. The van der Waals surface area contributed by atoms with Crippen LogP contribution < -0.4 is 10.5 Å². The summed E-state index contributed by atoms with van der Waals surface area (Å²) in [6.07, 6.45) is 5.47. The summed E-state index contributed by atoms with van der Waals surface area (Å²) in [5.41, 5.74) is 9.95. The Balaban J connectivity index is 0.000000215. The molecule has 1 atom stereocenters. The molecule has 3 aromatic carbocycles. The molecule has 4 rings (SSSR count). The molecule has 1 amide bonds. The van der Waals surface area contributed by atoms with Crippen LogP contribution in [0.4, 0.5) is 0 Å². The van der Waals surface area contributed by atoms with E-state index in [-0.39, 0.29) is 11.8 Å². The lowest BCUT2D eigenvalue weighted by molar-refractivity contribution is -0.123. The molecule has 0 aromatic heterocycles. The van der Waals surface area contributed by atoms with Crippen molar-refractivity contribution in [2.75, 3.05) is 6.61 Å². The molecule has 1 unspecified atom stereocenters. The van der Waals surface area contributed by atoms with Gasteiger partial charge in [0.05, 0.1) is 6.61 Å². The van der Waals surface area contributed by atoms with Crippen LogP contribution in [0.3, 0.4) is 0 Å². The van der Waals surface area contributed by atoms with Gasteiger partial charge < -0.3 is 10.5 Å². The van der Waals surface area contributed by atoms with Gasteiger partial charge in [0.25, 0.3) is 0 Å². The molecule has 0 spiro atoms. The van der Waals surface area contributed by atoms with Crippen LogP contribution in [0, 0.1) is 5.92 Å². The first-order valence-electron chi connectivity index (χ1n) is 12.2. The minimum Gasteiger partial charge on any atom is -0.493 e. The van der Waals surface area contributed by atoms with Crippen molar-refractivity contribution in [1.29, 1.82) is 0 Å². The number of ether oxygens (including phenoxy) is 1. The van der Waals surface area contributed by atoms with Gasteiger partial charge in [-0.25, -0.2) is 0 Å². The van der Waals surface area contributed by atoms with E-state index in [1.54, 1.807) is 0 Å². The fourth-order valence-electron chi connectivity index (χ4n) is 5.00. The average Bonchev–Trinajstić information content (AvgIpc) is 3.30. The van der Waals surface area contributed by atoms with E-state index in [1.807, 2.05) is 60.7 Å².